The standard InChI is InChI=1S/C11H9BrN2O3S.C10H12O5.C3H3BrN2S.BrH/c1-17-8-4-6(2-3-7(8)15)10(16)14-11-13-5-9(12)18-11;1-13-6-15-8-4-3-7(10(11)12)5-9(8)14-2;4-2-1-6-3(5)7-2;/h2-5,15H,1H3,(H,13,14,16);3-5H,6H2,1-2H3,(H,11,12);1H,(H2,5,6);1H. The Morgan fingerprint density at radius 2 is 1.54 bits per heavy atom. The number of carboxylic acid groups (broad SMARTS) is 1. The molecule has 2 heterocycles. The number of ether oxygens (including phenoxy) is 4. The number of carbonyl (C=O) groups is 2. The zero-order valence-corrected chi connectivity index (χ0v) is 28.1. The molecule has 0 aliphatic carbocycles. The smallest absolute Gasteiger partial charge is 0.335 e. The largest absolute Gasteiger partial charge is 0.504 e. The van der Waals surface area contributed by atoms with E-state index in [0.717, 1.165) is 7.57 Å². The van der Waals surface area contributed by atoms with E-state index in [0.29, 0.717) is 27.3 Å². The molecule has 0 spiro atoms. The first-order valence-electron chi connectivity index (χ1n) is 10.8. The summed E-state index contributed by atoms with van der Waals surface area (Å²) in [6, 6.07) is 8.75. The number of benzene rings is 2. The van der Waals surface area contributed by atoms with Crippen molar-refractivity contribution < 1.29 is 38.7 Å². The van der Waals surface area contributed by atoms with Crippen molar-refractivity contribution in [3.63, 3.8) is 0 Å². The highest BCUT2D eigenvalue weighted by Crippen LogP contribution is 2.29. The molecule has 0 aliphatic rings. The number of hydrogen-bond acceptors (Lipinski definition) is 12. The summed E-state index contributed by atoms with van der Waals surface area (Å²) in [6.07, 6.45) is 3.29. The lowest BCUT2D eigenvalue weighted by atomic mass is 10.2. The zero-order chi connectivity index (χ0) is 29.7. The van der Waals surface area contributed by atoms with Crippen LogP contribution in [0.2, 0.25) is 0 Å². The van der Waals surface area contributed by atoms with E-state index in [4.69, 9.17) is 29.8 Å². The SMILES string of the molecule is Br.COCOc1ccc(C(=O)O)cc1OC.COc1cc(C(=O)Nc2ncc(Br)s2)ccc1O.Nc1ncc(Br)s1. The quantitative estimate of drug-likeness (QED) is 0.147. The fraction of sp³-hybridized carbons (Fsp3) is 0.167. The molecule has 41 heavy (non-hydrogen) atoms. The summed E-state index contributed by atoms with van der Waals surface area (Å²) >= 11 is 9.21. The van der Waals surface area contributed by atoms with Crippen molar-refractivity contribution in [1.29, 1.82) is 0 Å². The Hall–Kier alpha value is -2.96. The maximum absolute atomic E-state index is 11.9. The van der Waals surface area contributed by atoms with Gasteiger partial charge < -0.3 is 34.9 Å². The minimum Gasteiger partial charge on any atom is -0.504 e. The van der Waals surface area contributed by atoms with Crippen molar-refractivity contribution in [2.45, 2.75) is 0 Å². The summed E-state index contributed by atoms with van der Waals surface area (Å²) in [7, 11) is 4.37. The highest BCUT2D eigenvalue weighted by Gasteiger charge is 2.12. The molecule has 0 atom stereocenters. The van der Waals surface area contributed by atoms with Crippen molar-refractivity contribution >= 4 is 93.7 Å². The summed E-state index contributed by atoms with van der Waals surface area (Å²) in [5, 5.41) is 21.9. The van der Waals surface area contributed by atoms with Gasteiger partial charge >= 0.3 is 5.97 Å². The number of methoxy groups -OCH3 is 3. The van der Waals surface area contributed by atoms with Gasteiger partial charge in [-0.15, -0.1) is 17.0 Å². The van der Waals surface area contributed by atoms with E-state index in [1.807, 2.05) is 0 Å². The fourth-order valence-electron chi connectivity index (χ4n) is 2.61. The Kier molecular flexibility index (Phi) is 16.2. The van der Waals surface area contributed by atoms with Crippen molar-refractivity contribution in [2.75, 3.05) is 39.2 Å². The number of phenolic OH excluding ortho intramolecular Hbond substituents is 1. The summed E-state index contributed by atoms with van der Waals surface area (Å²) in [5.74, 6) is -0.257. The van der Waals surface area contributed by atoms with Gasteiger partial charge in [0.2, 0.25) is 0 Å². The normalized spacial score (nSPS) is 9.59. The lowest BCUT2D eigenvalue weighted by molar-refractivity contribution is 0.0491. The summed E-state index contributed by atoms with van der Waals surface area (Å²) in [5.41, 5.74) is 5.79. The van der Waals surface area contributed by atoms with Crippen LogP contribution in [-0.4, -0.2) is 60.2 Å². The number of rotatable bonds is 8. The maximum atomic E-state index is 11.9. The second-order valence-electron chi connectivity index (χ2n) is 7.03. The highest BCUT2D eigenvalue weighted by atomic mass is 79.9. The topological polar surface area (TPSA) is 175 Å². The first-order chi connectivity index (χ1) is 19.1. The number of hydrogen-bond donors (Lipinski definition) is 4. The van der Waals surface area contributed by atoms with Crippen LogP contribution in [0, 0.1) is 0 Å². The van der Waals surface area contributed by atoms with Gasteiger partial charge in [-0.2, -0.15) is 0 Å². The van der Waals surface area contributed by atoms with E-state index in [1.54, 1.807) is 12.4 Å². The molecule has 4 rings (SSSR count). The van der Waals surface area contributed by atoms with E-state index in [-0.39, 0.29) is 46.7 Å². The number of nitrogen functional groups attached to an aromatic ring is 1. The number of anilines is 2. The average molecular weight is 801 g/mol. The van der Waals surface area contributed by atoms with Gasteiger partial charge in [-0.25, -0.2) is 14.8 Å². The second kappa shape index (κ2) is 18.5. The molecule has 2 aromatic heterocycles. The molecular formula is C24H25Br3N4O8S2. The van der Waals surface area contributed by atoms with E-state index in [9.17, 15) is 14.7 Å². The number of halogens is 3. The van der Waals surface area contributed by atoms with Crippen LogP contribution in [0.1, 0.15) is 20.7 Å². The van der Waals surface area contributed by atoms with Crippen LogP contribution in [-0.2, 0) is 4.74 Å². The number of carboxylic acids is 1. The van der Waals surface area contributed by atoms with Gasteiger partial charge in [0.05, 0.1) is 39.7 Å². The van der Waals surface area contributed by atoms with Gasteiger partial charge in [0.15, 0.2) is 40.1 Å². The van der Waals surface area contributed by atoms with Gasteiger partial charge in [0.25, 0.3) is 5.91 Å². The summed E-state index contributed by atoms with van der Waals surface area (Å²) < 4.78 is 21.6. The number of aromatic carboxylic acids is 1. The lowest BCUT2D eigenvalue weighted by Gasteiger charge is -2.09. The predicted octanol–water partition coefficient (Wildman–Crippen LogP) is 6.31. The van der Waals surface area contributed by atoms with Gasteiger partial charge in [0.1, 0.15) is 0 Å². The van der Waals surface area contributed by atoms with Gasteiger partial charge in [-0.05, 0) is 68.3 Å². The molecule has 0 aliphatic heterocycles. The maximum Gasteiger partial charge on any atom is 0.335 e. The molecular weight excluding hydrogens is 776 g/mol. The molecule has 0 unspecified atom stereocenters. The Labute approximate surface area is 270 Å². The molecule has 4 aromatic rings. The number of amides is 1. The lowest BCUT2D eigenvalue weighted by Crippen LogP contribution is -2.11. The third-order valence-electron chi connectivity index (χ3n) is 4.38. The van der Waals surface area contributed by atoms with E-state index in [1.165, 1.54) is 80.4 Å². The van der Waals surface area contributed by atoms with Crippen LogP contribution in [0.4, 0.5) is 10.3 Å². The van der Waals surface area contributed by atoms with Crippen LogP contribution in [0.25, 0.3) is 0 Å². The number of aromatic hydroxyl groups is 1. The monoisotopic (exact) mass is 798 g/mol. The van der Waals surface area contributed by atoms with E-state index < -0.39 is 5.97 Å². The summed E-state index contributed by atoms with van der Waals surface area (Å²) in [4.78, 5) is 30.3. The van der Waals surface area contributed by atoms with Crippen LogP contribution >= 0.6 is 71.5 Å². The second-order valence-corrected chi connectivity index (χ2v) is 11.9. The van der Waals surface area contributed by atoms with E-state index >= 15 is 0 Å². The molecule has 1 amide bonds. The first kappa shape index (κ1) is 36.1. The van der Waals surface area contributed by atoms with Crippen LogP contribution in [0.5, 0.6) is 23.0 Å². The Bertz CT molecular complexity index is 1400. The van der Waals surface area contributed by atoms with Gasteiger partial charge in [-0.1, -0.05) is 22.7 Å². The van der Waals surface area contributed by atoms with Crippen molar-refractivity contribution in [1.82, 2.24) is 9.97 Å². The molecule has 5 N–H and O–H groups in total. The molecule has 0 radical (unpaired) electrons. The number of phenols is 1. The van der Waals surface area contributed by atoms with E-state index in [2.05, 4.69) is 47.1 Å². The molecule has 222 valence electrons. The highest BCUT2D eigenvalue weighted by molar-refractivity contribution is 9.11. The number of carbonyl (C=O) groups excluding carboxylic acids is 1. The third-order valence-corrected chi connectivity index (χ3v) is 7.07. The Balaban J connectivity index is 0.000000330. The Morgan fingerprint density at radius 1 is 0.927 bits per heavy atom. The van der Waals surface area contributed by atoms with Crippen molar-refractivity contribution in [3.8, 4) is 23.0 Å². The van der Waals surface area contributed by atoms with Crippen molar-refractivity contribution in [3.05, 3.63) is 67.5 Å². The number of nitrogens with two attached hydrogens (primary N) is 1. The van der Waals surface area contributed by atoms with Gasteiger partial charge in [-0.3, -0.25) is 10.1 Å². The molecule has 12 nitrogen and oxygen atoms in total. The number of nitrogens with one attached hydrogen (secondary N) is 1. The number of aromatic nitrogens is 2. The average Bonchev–Trinajstić information content (AvgIpc) is 3.53. The molecule has 0 bridgehead atoms. The number of nitrogens with zero attached hydrogens (tertiary/aromatic N) is 2. The van der Waals surface area contributed by atoms with Crippen LogP contribution in [0.3, 0.4) is 0 Å². The minimum atomic E-state index is -1.01. The van der Waals surface area contributed by atoms with Crippen LogP contribution < -0.4 is 25.3 Å². The molecule has 0 saturated carbocycles. The summed E-state index contributed by atoms with van der Waals surface area (Å²) in [6.45, 7) is 0.0861. The fourth-order valence-corrected chi connectivity index (χ4v) is 4.72. The number of thiazole rings is 2. The van der Waals surface area contributed by atoms with Crippen LogP contribution in [0.15, 0.2) is 56.4 Å². The zero-order valence-electron chi connectivity index (χ0n) is 21.6. The Morgan fingerprint density at radius 3 is 2.02 bits per heavy atom. The predicted molar refractivity (Wildman–Crippen MR) is 169 cm³/mol. The molecule has 17 heteroatoms. The molecule has 0 saturated heterocycles. The first-order valence-corrected chi connectivity index (χ1v) is 14.0. The van der Waals surface area contributed by atoms with Crippen molar-refractivity contribution in [2.24, 2.45) is 0 Å². The van der Waals surface area contributed by atoms with Gasteiger partial charge in [0, 0.05) is 12.7 Å². The molecule has 0 fully saturated rings. The minimum absolute atomic E-state index is 0. The third kappa shape index (κ3) is 12.2. The molecule has 2 aromatic carbocycles.